The Morgan fingerprint density at radius 1 is 1.44 bits per heavy atom. The monoisotopic (exact) mass is 222 g/mol. The molecule has 2 N–H and O–H groups in total. The lowest BCUT2D eigenvalue weighted by Crippen LogP contribution is -1.98. The third-order valence-electron chi connectivity index (χ3n) is 1.95. The first kappa shape index (κ1) is 10.6. The SMILES string of the molecule is Cn1cnc(Oc2cc(F)cc(CN)c2)n1. The maximum absolute atomic E-state index is 13.1. The van der Waals surface area contributed by atoms with Crippen LogP contribution in [0, 0.1) is 5.82 Å². The van der Waals surface area contributed by atoms with Crippen LogP contribution in [0.3, 0.4) is 0 Å². The predicted molar refractivity (Wildman–Crippen MR) is 55.4 cm³/mol. The van der Waals surface area contributed by atoms with Crippen molar-refractivity contribution in [3.63, 3.8) is 0 Å². The molecule has 0 saturated carbocycles. The van der Waals surface area contributed by atoms with Gasteiger partial charge >= 0.3 is 6.01 Å². The van der Waals surface area contributed by atoms with Gasteiger partial charge in [0.2, 0.25) is 0 Å². The molecule has 1 aromatic carbocycles. The van der Waals surface area contributed by atoms with Gasteiger partial charge in [-0.2, -0.15) is 4.98 Å². The van der Waals surface area contributed by atoms with E-state index < -0.39 is 5.82 Å². The summed E-state index contributed by atoms with van der Waals surface area (Å²) in [6.07, 6.45) is 1.50. The molecule has 0 unspecified atom stereocenters. The maximum atomic E-state index is 13.1. The van der Waals surface area contributed by atoms with Crippen molar-refractivity contribution in [1.29, 1.82) is 0 Å². The highest BCUT2D eigenvalue weighted by Crippen LogP contribution is 2.20. The summed E-state index contributed by atoms with van der Waals surface area (Å²) in [5.41, 5.74) is 6.09. The van der Waals surface area contributed by atoms with Crippen molar-refractivity contribution >= 4 is 0 Å². The van der Waals surface area contributed by atoms with Crippen LogP contribution >= 0.6 is 0 Å². The third kappa shape index (κ3) is 2.34. The molecular formula is C10H11FN4O. The molecule has 16 heavy (non-hydrogen) atoms. The smallest absolute Gasteiger partial charge is 0.340 e. The summed E-state index contributed by atoms with van der Waals surface area (Å²) in [5, 5.41) is 3.92. The molecule has 0 atom stereocenters. The summed E-state index contributed by atoms with van der Waals surface area (Å²) in [6, 6.07) is 4.45. The molecule has 0 aliphatic rings. The molecule has 1 aromatic heterocycles. The van der Waals surface area contributed by atoms with Gasteiger partial charge in [-0.05, 0) is 17.7 Å². The molecule has 0 spiro atoms. The number of ether oxygens (including phenoxy) is 1. The molecule has 5 nitrogen and oxygen atoms in total. The van der Waals surface area contributed by atoms with E-state index in [2.05, 4.69) is 10.1 Å². The van der Waals surface area contributed by atoms with E-state index in [1.54, 1.807) is 13.1 Å². The zero-order valence-electron chi connectivity index (χ0n) is 8.72. The van der Waals surface area contributed by atoms with Gasteiger partial charge in [0, 0.05) is 19.7 Å². The van der Waals surface area contributed by atoms with Crippen molar-refractivity contribution in [3.05, 3.63) is 35.9 Å². The highest BCUT2D eigenvalue weighted by Gasteiger charge is 2.05. The summed E-state index contributed by atoms with van der Waals surface area (Å²) in [6.45, 7) is 0.254. The zero-order chi connectivity index (χ0) is 11.5. The molecule has 0 fully saturated rings. The van der Waals surface area contributed by atoms with Crippen LogP contribution in [0.15, 0.2) is 24.5 Å². The molecule has 1 heterocycles. The second kappa shape index (κ2) is 4.28. The van der Waals surface area contributed by atoms with Gasteiger partial charge in [0.05, 0.1) is 0 Å². The van der Waals surface area contributed by atoms with E-state index >= 15 is 0 Å². The number of halogens is 1. The number of aromatic nitrogens is 3. The van der Waals surface area contributed by atoms with Crippen LogP contribution in [0.5, 0.6) is 11.8 Å². The third-order valence-corrected chi connectivity index (χ3v) is 1.95. The molecule has 2 aromatic rings. The average Bonchev–Trinajstić information content (AvgIpc) is 2.63. The number of benzene rings is 1. The highest BCUT2D eigenvalue weighted by atomic mass is 19.1. The van der Waals surface area contributed by atoms with Crippen molar-refractivity contribution in [2.45, 2.75) is 6.54 Å². The minimum atomic E-state index is -0.395. The number of rotatable bonds is 3. The first-order valence-electron chi connectivity index (χ1n) is 4.70. The van der Waals surface area contributed by atoms with E-state index in [4.69, 9.17) is 10.5 Å². The maximum Gasteiger partial charge on any atom is 0.340 e. The van der Waals surface area contributed by atoms with E-state index in [1.165, 1.54) is 23.1 Å². The average molecular weight is 222 g/mol. The van der Waals surface area contributed by atoms with Crippen molar-refractivity contribution in [1.82, 2.24) is 14.8 Å². The molecule has 0 amide bonds. The fraction of sp³-hybridized carbons (Fsp3) is 0.200. The summed E-state index contributed by atoms with van der Waals surface area (Å²) < 4.78 is 19.9. The fourth-order valence-corrected chi connectivity index (χ4v) is 1.27. The van der Waals surface area contributed by atoms with Crippen LogP contribution < -0.4 is 10.5 Å². The van der Waals surface area contributed by atoms with Gasteiger partial charge < -0.3 is 10.5 Å². The molecule has 6 heteroatoms. The topological polar surface area (TPSA) is 66.0 Å². The summed E-state index contributed by atoms with van der Waals surface area (Å²) >= 11 is 0. The molecule has 0 radical (unpaired) electrons. The Morgan fingerprint density at radius 2 is 2.25 bits per heavy atom. The second-order valence-electron chi connectivity index (χ2n) is 3.30. The number of nitrogens with zero attached hydrogens (tertiary/aromatic N) is 3. The minimum absolute atomic E-state index is 0.177. The van der Waals surface area contributed by atoms with Gasteiger partial charge in [-0.1, -0.05) is 0 Å². The van der Waals surface area contributed by atoms with Crippen LogP contribution in [0.4, 0.5) is 4.39 Å². The van der Waals surface area contributed by atoms with Crippen LogP contribution in [0.2, 0.25) is 0 Å². The molecule has 84 valence electrons. The van der Waals surface area contributed by atoms with Crippen molar-refractivity contribution in [3.8, 4) is 11.8 Å². The van der Waals surface area contributed by atoms with Gasteiger partial charge in [-0.25, -0.2) is 4.39 Å². The van der Waals surface area contributed by atoms with Crippen LogP contribution in [0.25, 0.3) is 0 Å². The quantitative estimate of drug-likeness (QED) is 0.847. The second-order valence-corrected chi connectivity index (χ2v) is 3.30. The fourth-order valence-electron chi connectivity index (χ4n) is 1.27. The molecule has 2 rings (SSSR count). The van der Waals surface area contributed by atoms with Gasteiger partial charge in [0.25, 0.3) is 0 Å². The normalized spacial score (nSPS) is 10.4. The molecular weight excluding hydrogens is 211 g/mol. The molecule has 0 saturated heterocycles. The van der Waals surface area contributed by atoms with Gasteiger partial charge in [-0.3, -0.25) is 4.68 Å². The number of nitrogens with two attached hydrogens (primary N) is 1. The standard InChI is InChI=1S/C10H11FN4O/c1-15-6-13-10(14-15)16-9-3-7(5-12)2-8(11)4-9/h2-4,6H,5,12H2,1H3. The van der Waals surface area contributed by atoms with Crippen LogP contribution in [-0.4, -0.2) is 14.8 Å². The van der Waals surface area contributed by atoms with Gasteiger partial charge in [0.1, 0.15) is 17.9 Å². The summed E-state index contributed by atoms with van der Waals surface area (Å²) in [7, 11) is 1.72. The Bertz CT molecular complexity index is 497. The molecule has 0 aliphatic heterocycles. The van der Waals surface area contributed by atoms with Crippen LogP contribution in [0.1, 0.15) is 5.56 Å². The Labute approximate surface area is 91.7 Å². The minimum Gasteiger partial charge on any atom is -0.423 e. The first-order valence-corrected chi connectivity index (χ1v) is 4.70. The Hall–Kier alpha value is -1.95. The van der Waals surface area contributed by atoms with Gasteiger partial charge in [-0.15, -0.1) is 5.10 Å². The Kier molecular flexibility index (Phi) is 2.82. The van der Waals surface area contributed by atoms with Gasteiger partial charge in [0.15, 0.2) is 0 Å². The summed E-state index contributed by atoms with van der Waals surface area (Å²) in [5.74, 6) is -0.0551. The van der Waals surface area contributed by atoms with Crippen molar-refractivity contribution in [2.24, 2.45) is 12.8 Å². The largest absolute Gasteiger partial charge is 0.423 e. The number of aryl methyl sites for hydroxylation is 1. The molecule has 0 aliphatic carbocycles. The zero-order valence-corrected chi connectivity index (χ0v) is 8.72. The predicted octanol–water partition coefficient (Wildman–Crippen LogP) is 1.21. The highest BCUT2D eigenvalue weighted by molar-refractivity contribution is 5.31. The van der Waals surface area contributed by atoms with E-state index in [9.17, 15) is 4.39 Å². The van der Waals surface area contributed by atoms with Crippen LogP contribution in [-0.2, 0) is 13.6 Å². The van der Waals surface area contributed by atoms with E-state index in [-0.39, 0.29) is 12.6 Å². The number of hydrogen-bond donors (Lipinski definition) is 1. The van der Waals surface area contributed by atoms with E-state index in [0.29, 0.717) is 11.3 Å². The Balaban J connectivity index is 2.24. The lowest BCUT2D eigenvalue weighted by Gasteiger charge is -2.03. The lowest BCUT2D eigenvalue weighted by molar-refractivity contribution is 0.434. The van der Waals surface area contributed by atoms with Crippen molar-refractivity contribution < 1.29 is 9.13 Å². The number of hydrogen-bond acceptors (Lipinski definition) is 4. The summed E-state index contributed by atoms with van der Waals surface area (Å²) in [4.78, 5) is 3.87. The van der Waals surface area contributed by atoms with E-state index in [1.807, 2.05) is 0 Å². The molecule has 0 bridgehead atoms. The first-order chi connectivity index (χ1) is 7.67. The van der Waals surface area contributed by atoms with E-state index in [0.717, 1.165) is 0 Å². The lowest BCUT2D eigenvalue weighted by atomic mass is 10.2. The van der Waals surface area contributed by atoms with Crippen molar-refractivity contribution in [2.75, 3.05) is 0 Å². The Morgan fingerprint density at radius 3 is 2.88 bits per heavy atom.